The summed E-state index contributed by atoms with van der Waals surface area (Å²) in [6.45, 7) is 0. The summed E-state index contributed by atoms with van der Waals surface area (Å²) >= 11 is 0. The number of sulfone groups is 1. The topological polar surface area (TPSA) is 71.4 Å². The summed E-state index contributed by atoms with van der Waals surface area (Å²) in [5.41, 5.74) is 0.932. The highest BCUT2D eigenvalue weighted by atomic mass is 32.2. The fourth-order valence-electron chi connectivity index (χ4n) is 3.93. The van der Waals surface area contributed by atoms with Crippen molar-refractivity contribution < 1.29 is 18.3 Å². The Morgan fingerprint density at radius 2 is 1.77 bits per heavy atom. The van der Waals surface area contributed by atoms with Crippen LogP contribution in [0.15, 0.2) is 24.3 Å². The molecule has 0 radical (unpaired) electrons. The van der Waals surface area contributed by atoms with Gasteiger partial charge in [0, 0.05) is 0 Å². The first kappa shape index (κ1) is 15.5. The summed E-state index contributed by atoms with van der Waals surface area (Å²) in [5.74, 6) is -1.23. The van der Waals surface area contributed by atoms with Gasteiger partial charge in [-0.15, -0.1) is 0 Å². The quantitative estimate of drug-likeness (QED) is 0.922. The number of benzene rings is 1. The van der Waals surface area contributed by atoms with Crippen LogP contribution < -0.4 is 0 Å². The minimum atomic E-state index is -3.29. The van der Waals surface area contributed by atoms with Crippen LogP contribution in [0.25, 0.3) is 0 Å². The van der Waals surface area contributed by atoms with Crippen molar-refractivity contribution in [2.45, 2.75) is 55.9 Å². The second-order valence-electron chi connectivity index (χ2n) is 6.82. The Kier molecular flexibility index (Phi) is 4.02. The Labute approximate surface area is 131 Å². The van der Waals surface area contributed by atoms with Crippen molar-refractivity contribution in [3.05, 3.63) is 35.4 Å². The fourth-order valence-corrected chi connectivity index (χ4v) is 5.80. The second-order valence-corrected chi connectivity index (χ2v) is 9.10. The highest BCUT2D eigenvalue weighted by Crippen LogP contribution is 2.52. The fraction of sp³-hybridized carbons (Fsp3) is 0.588. The molecule has 0 bridgehead atoms. The van der Waals surface area contributed by atoms with Crippen molar-refractivity contribution in [3.63, 3.8) is 0 Å². The molecular weight excluding hydrogens is 300 g/mol. The number of aromatic carboxylic acids is 1. The third-order valence-electron chi connectivity index (χ3n) is 5.52. The third kappa shape index (κ3) is 2.91. The predicted octanol–water partition coefficient (Wildman–Crippen LogP) is 3.41. The number of hydrogen-bond donors (Lipinski definition) is 1. The van der Waals surface area contributed by atoms with Crippen molar-refractivity contribution >= 4 is 15.8 Å². The molecule has 22 heavy (non-hydrogen) atoms. The van der Waals surface area contributed by atoms with Crippen LogP contribution in [0.3, 0.4) is 0 Å². The van der Waals surface area contributed by atoms with E-state index in [0.29, 0.717) is 11.0 Å². The molecular formula is C17H22O4S. The smallest absolute Gasteiger partial charge is 0.335 e. The molecule has 2 fully saturated rings. The molecule has 1 N–H and O–H groups in total. The third-order valence-corrected chi connectivity index (χ3v) is 7.72. The zero-order chi connectivity index (χ0) is 15.8. The maximum Gasteiger partial charge on any atom is 0.335 e. The number of carboxylic acids is 1. The monoisotopic (exact) mass is 322 g/mol. The number of hydrogen-bond acceptors (Lipinski definition) is 3. The standard InChI is InChI=1S/C17H22O4S/c18-16(19)15-5-2-1-4-13(15)12-22(20,21)14-6-10-17(11-7-14)8-3-9-17/h1-2,4-5,14H,3,6-12H2,(H,18,19). The van der Waals surface area contributed by atoms with E-state index in [1.165, 1.54) is 25.3 Å². The molecule has 0 heterocycles. The minimum absolute atomic E-state index is 0.0948. The maximum atomic E-state index is 12.7. The van der Waals surface area contributed by atoms with Crippen LogP contribution in [0, 0.1) is 5.41 Å². The first-order valence-corrected chi connectivity index (χ1v) is 9.66. The normalized spacial score (nSPS) is 21.5. The van der Waals surface area contributed by atoms with Crippen molar-refractivity contribution in [1.82, 2.24) is 0 Å². The van der Waals surface area contributed by atoms with Gasteiger partial charge in [0.2, 0.25) is 0 Å². The van der Waals surface area contributed by atoms with E-state index < -0.39 is 15.8 Å². The van der Waals surface area contributed by atoms with E-state index in [0.717, 1.165) is 25.7 Å². The summed E-state index contributed by atoms with van der Waals surface area (Å²) in [6.07, 6.45) is 7.27. The number of carboxylic acid groups (broad SMARTS) is 1. The van der Waals surface area contributed by atoms with Crippen LogP contribution in [-0.4, -0.2) is 24.7 Å². The zero-order valence-corrected chi connectivity index (χ0v) is 13.4. The van der Waals surface area contributed by atoms with Gasteiger partial charge in [0.25, 0.3) is 0 Å². The summed E-state index contributed by atoms with van der Waals surface area (Å²) < 4.78 is 25.3. The van der Waals surface area contributed by atoms with Crippen LogP contribution in [0.2, 0.25) is 0 Å². The van der Waals surface area contributed by atoms with E-state index in [4.69, 9.17) is 0 Å². The molecule has 1 aromatic carbocycles. The number of carbonyl (C=O) groups is 1. The van der Waals surface area contributed by atoms with Gasteiger partial charge in [-0.2, -0.15) is 0 Å². The zero-order valence-electron chi connectivity index (χ0n) is 12.6. The van der Waals surface area contributed by atoms with E-state index in [9.17, 15) is 18.3 Å². The van der Waals surface area contributed by atoms with Gasteiger partial charge in [0.15, 0.2) is 9.84 Å². The molecule has 120 valence electrons. The van der Waals surface area contributed by atoms with Gasteiger partial charge >= 0.3 is 5.97 Å². The molecule has 2 aliphatic rings. The van der Waals surface area contributed by atoms with Gasteiger partial charge in [0.1, 0.15) is 0 Å². The van der Waals surface area contributed by atoms with E-state index in [1.54, 1.807) is 18.2 Å². The average Bonchev–Trinajstić information content (AvgIpc) is 2.45. The summed E-state index contributed by atoms with van der Waals surface area (Å²) in [4.78, 5) is 11.2. The Morgan fingerprint density at radius 3 is 2.32 bits per heavy atom. The van der Waals surface area contributed by atoms with Gasteiger partial charge in [-0.05, 0) is 55.6 Å². The van der Waals surface area contributed by atoms with Crippen molar-refractivity contribution in [2.75, 3.05) is 0 Å². The molecule has 0 atom stereocenters. The van der Waals surface area contributed by atoms with Crippen LogP contribution >= 0.6 is 0 Å². The van der Waals surface area contributed by atoms with E-state index in [1.807, 2.05) is 0 Å². The van der Waals surface area contributed by atoms with Crippen LogP contribution in [-0.2, 0) is 15.6 Å². The lowest BCUT2D eigenvalue weighted by molar-refractivity contribution is 0.0696. The highest BCUT2D eigenvalue weighted by molar-refractivity contribution is 7.91. The molecule has 2 aliphatic carbocycles. The van der Waals surface area contributed by atoms with Crippen LogP contribution in [0.1, 0.15) is 60.9 Å². The molecule has 0 aliphatic heterocycles. The molecule has 5 heteroatoms. The minimum Gasteiger partial charge on any atom is -0.478 e. The Morgan fingerprint density at radius 1 is 1.14 bits per heavy atom. The number of rotatable bonds is 4. The molecule has 2 saturated carbocycles. The van der Waals surface area contributed by atoms with Gasteiger partial charge in [-0.25, -0.2) is 13.2 Å². The molecule has 1 spiro atoms. The second kappa shape index (κ2) is 5.69. The van der Waals surface area contributed by atoms with Crippen molar-refractivity contribution in [1.29, 1.82) is 0 Å². The molecule has 3 rings (SSSR count). The SMILES string of the molecule is O=C(O)c1ccccc1CS(=O)(=O)C1CCC2(CCC2)CC1. The van der Waals surface area contributed by atoms with E-state index in [-0.39, 0.29) is 16.6 Å². The van der Waals surface area contributed by atoms with Gasteiger partial charge < -0.3 is 5.11 Å². The Hall–Kier alpha value is -1.36. The lowest BCUT2D eigenvalue weighted by Gasteiger charge is -2.46. The highest BCUT2D eigenvalue weighted by Gasteiger charge is 2.42. The predicted molar refractivity (Wildman–Crippen MR) is 84.6 cm³/mol. The van der Waals surface area contributed by atoms with Crippen LogP contribution in [0.4, 0.5) is 0 Å². The Balaban J connectivity index is 1.73. The summed E-state index contributed by atoms with van der Waals surface area (Å²) in [6, 6.07) is 6.40. The molecule has 0 unspecified atom stereocenters. The maximum absolute atomic E-state index is 12.7. The van der Waals surface area contributed by atoms with Crippen molar-refractivity contribution in [2.24, 2.45) is 5.41 Å². The van der Waals surface area contributed by atoms with Crippen LogP contribution in [0.5, 0.6) is 0 Å². The van der Waals surface area contributed by atoms with Gasteiger partial charge in [0.05, 0.1) is 16.6 Å². The Bertz CT molecular complexity index is 664. The first-order chi connectivity index (χ1) is 10.4. The first-order valence-electron chi connectivity index (χ1n) is 7.95. The lowest BCUT2D eigenvalue weighted by atomic mass is 9.61. The average molecular weight is 322 g/mol. The lowest BCUT2D eigenvalue weighted by Crippen LogP contribution is -2.38. The molecule has 1 aromatic rings. The molecule has 0 aromatic heterocycles. The summed E-state index contributed by atoms with van der Waals surface area (Å²) in [7, 11) is -3.29. The molecule has 0 amide bonds. The molecule has 0 saturated heterocycles. The largest absolute Gasteiger partial charge is 0.478 e. The van der Waals surface area contributed by atoms with Crippen molar-refractivity contribution in [3.8, 4) is 0 Å². The summed E-state index contributed by atoms with van der Waals surface area (Å²) in [5, 5.41) is 8.88. The van der Waals surface area contributed by atoms with Gasteiger partial charge in [-0.1, -0.05) is 24.6 Å². The molecule has 4 nitrogen and oxygen atoms in total. The van der Waals surface area contributed by atoms with E-state index >= 15 is 0 Å². The van der Waals surface area contributed by atoms with E-state index in [2.05, 4.69) is 0 Å². The van der Waals surface area contributed by atoms with Gasteiger partial charge in [-0.3, -0.25) is 0 Å².